The lowest BCUT2D eigenvalue weighted by Gasteiger charge is -2.44. The molecule has 0 bridgehead atoms. The van der Waals surface area contributed by atoms with Crippen molar-refractivity contribution in [2.24, 2.45) is 0 Å². The van der Waals surface area contributed by atoms with E-state index in [1.807, 2.05) is 6.07 Å². The fourth-order valence-electron chi connectivity index (χ4n) is 2.90. The lowest BCUT2D eigenvalue weighted by Crippen LogP contribution is -2.63. The second-order valence-corrected chi connectivity index (χ2v) is 6.10. The molecule has 3 rings (SSSR count). The summed E-state index contributed by atoms with van der Waals surface area (Å²) in [5, 5.41) is 21.5. The first-order chi connectivity index (χ1) is 13.5. The van der Waals surface area contributed by atoms with Crippen LogP contribution in [0.25, 0.3) is 0 Å². The summed E-state index contributed by atoms with van der Waals surface area (Å²) in [7, 11) is 0. The van der Waals surface area contributed by atoms with Gasteiger partial charge in [0, 0.05) is 17.8 Å². The number of hydrogen-bond acceptors (Lipinski definition) is 6. The maximum absolute atomic E-state index is 12.1. The van der Waals surface area contributed by atoms with Gasteiger partial charge in [-0.05, 0) is 12.1 Å². The summed E-state index contributed by atoms with van der Waals surface area (Å²) < 4.78 is 12.0. The first kappa shape index (κ1) is 19.6. The monoisotopic (exact) mass is 382 g/mol. The van der Waals surface area contributed by atoms with Crippen molar-refractivity contribution in [2.45, 2.75) is 24.0 Å². The molecule has 8 nitrogen and oxygen atoms in total. The third-order valence-corrected chi connectivity index (χ3v) is 4.33. The molecule has 0 spiro atoms. The molecule has 4 atom stereocenters. The summed E-state index contributed by atoms with van der Waals surface area (Å²) >= 11 is 0. The van der Waals surface area contributed by atoms with Crippen molar-refractivity contribution in [1.82, 2.24) is 9.55 Å². The van der Waals surface area contributed by atoms with Gasteiger partial charge in [0.15, 0.2) is 11.8 Å². The van der Waals surface area contributed by atoms with E-state index in [-0.39, 0.29) is 13.2 Å². The molecule has 144 valence electrons. The predicted molar refractivity (Wildman–Crippen MR) is 99.2 cm³/mol. The number of H-pyrrole nitrogens is 1. The van der Waals surface area contributed by atoms with Crippen molar-refractivity contribution in [1.29, 1.82) is 0 Å². The number of rotatable bonds is 3. The average molecular weight is 382 g/mol. The highest BCUT2D eigenvalue weighted by atomic mass is 16.6. The molecule has 1 saturated heterocycles. The molecule has 28 heavy (non-hydrogen) atoms. The fourth-order valence-corrected chi connectivity index (χ4v) is 2.90. The number of aliphatic hydroxyl groups excluding tert-OH is 2. The molecule has 0 unspecified atom stereocenters. The highest BCUT2D eigenvalue weighted by Gasteiger charge is 2.53. The molecule has 1 aromatic heterocycles. The Hall–Kier alpha value is -3.14. The van der Waals surface area contributed by atoms with Crippen molar-refractivity contribution in [3.05, 3.63) is 69.0 Å². The molecule has 1 aliphatic heterocycles. The third-order valence-electron chi connectivity index (χ3n) is 4.33. The molecule has 2 aromatic rings. The van der Waals surface area contributed by atoms with Gasteiger partial charge in [-0.1, -0.05) is 36.0 Å². The highest BCUT2D eigenvalue weighted by Crippen LogP contribution is 2.34. The Balaban J connectivity index is 2.06. The van der Waals surface area contributed by atoms with Crippen LogP contribution in [0.1, 0.15) is 11.8 Å². The SMILES string of the molecule is C#CCO[C@]1(C#Cc2ccccc2)[C@H](O)CO[C@@H](n2ccc(=O)[nH]c2=O)[C@@H]1O. The standard InChI is InChI=1S/C20H18N2O6/c1-2-12-28-20(10-8-14-6-4-3-5-7-14)15(23)13-27-18(17(20)25)22-11-9-16(24)21-19(22)26/h1,3-7,9,11,15,17-18,23,25H,12-13H2,(H,21,24,26)/t15-,17+,18-,20-/m1/s1. The van der Waals surface area contributed by atoms with E-state index in [0.29, 0.717) is 5.56 Å². The van der Waals surface area contributed by atoms with Crippen LogP contribution in [-0.2, 0) is 9.47 Å². The molecule has 0 amide bonds. The van der Waals surface area contributed by atoms with Crippen LogP contribution in [0.2, 0.25) is 0 Å². The van der Waals surface area contributed by atoms with Gasteiger partial charge in [0.2, 0.25) is 0 Å². The number of nitrogens with one attached hydrogen (secondary N) is 1. The van der Waals surface area contributed by atoms with Gasteiger partial charge >= 0.3 is 5.69 Å². The van der Waals surface area contributed by atoms with Gasteiger partial charge in [-0.15, -0.1) is 6.42 Å². The molecule has 1 fully saturated rings. The van der Waals surface area contributed by atoms with E-state index in [2.05, 4.69) is 22.7 Å². The topological polar surface area (TPSA) is 114 Å². The normalized spacial score (nSPS) is 26.7. The second-order valence-electron chi connectivity index (χ2n) is 6.10. The minimum Gasteiger partial charge on any atom is -0.387 e. The van der Waals surface area contributed by atoms with Crippen LogP contribution >= 0.6 is 0 Å². The zero-order valence-corrected chi connectivity index (χ0v) is 14.7. The van der Waals surface area contributed by atoms with E-state index < -0.39 is 35.3 Å². The van der Waals surface area contributed by atoms with Crippen LogP contribution < -0.4 is 11.2 Å². The number of aromatic nitrogens is 2. The molecule has 2 heterocycles. The highest BCUT2D eigenvalue weighted by molar-refractivity contribution is 5.38. The Labute approximate surface area is 160 Å². The average Bonchev–Trinajstić information content (AvgIpc) is 2.69. The second kappa shape index (κ2) is 8.26. The van der Waals surface area contributed by atoms with Crippen LogP contribution in [0.3, 0.4) is 0 Å². The summed E-state index contributed by atoms with van der Waals surface area (Å²) in [6.45, 7) is -0.508. The van der Waals surface area contributed by atoms with Gasteiger partial charge in [-0.25, -0.2) is 4.79 Å². The maximum Gasteiger partial charge on any atom is 0.330 e. The van der Waals surface area contributed by atoms with Crippen molar-refractivity contribution in [2.75, 3.05) is 13.2 Å². The molecule has 0 aliphatic carbocycles. The number of benzene rings is 1. The minimum atomic E-state index is -1.80. The number of aromatic amines is 1. The number of ether oxygens (including phenoxy) is 2. The van der Waals surface area contributed by atoms with Gasteiger partial charge in [0.05, 0.1) is 6.61 Å². The van der Waals surface area contributed by atoms with Crippen molar-refractivity contribution in [3.63, 3.8) is 0 Å². The Morgan fingerprint density at radius 2 is 2.04 bits per heavy atom. The lowest BCUT2D eigenvalue weighted by molar-refractivity contribution is -0.252. The van der Waals surface area contributed by atoms with Crippen LogP contribution in [0, 0.1) is 24.2 Å². The molecule has 1 aromatic carbocycles. The van der Waals surface area contributed by atoms with E-state index in [9.17, 15) is 19.8 Å². The maximum atomic E-state index is 12.1. The molecular formula is C20H18N2O6. The number of hydrogen-bond donors (Lipinski definition) is 3. The zero-order valence-electron chi connectivity index (χ0n) is 14.7. The van der Waals surface area contributed by atoms with Crippen LogP contribution in [0.15, 0.2) is 52.2 Å². The van der Waals surface area contributed by atoms with E-state index in [1.165, 1.54) is 6.20 Å². The van der Waals surface area contributed by atoms with Crippen molar-refractivity contribution >= 4 is 0 Å². The third kappa shape index (κ3) is 3.77. The van der Waals surface area contributed by atoms with E-state index >= 15 is 0 Å². The number of nitrogens with zero attached hydrogens (tertiary/aromatic N) is 1. The van der Waals surface area contributed by atoms with Crippen molar-refractivity contribution < 1.29 is 19.7 Å². The van der Waals surface area contributed by atoms with Gasteiger partial charge in [-0.2, -0.15) is 0 Å². The number of aliphatic hydroxyl groups is 2. The summed E-state index contributed by atoms with van der Waals surface area (Å²) in [6.07, 6.45) is 2.30. The lowest BCUT2D eigenvalue weighted by atomic mass is 9.86. The van der Waals surface area contributed by atoms with Gasteiger partial charge < -0.3 is 19.7 Å². The van der Waals surface area contributed by atoms with Crippen molar-refractivity contribution in [3.8, 4) is 24.2 Å². The summed E-state index contributed by atoms with van der Waals surface area (Å²) in [5.74, 6) is 7.92. The Bertz CT molecular complexity index is 1040. The van der Waals surface area contributed by atoms with E-state index in [1.54, 1.807) is 24.3 Å². The van der Waals surface area contributed by atoms with Gasteiger partial charge in [0.25, 0.3) is 5.56 Å². The molecular weight excluding hydrogens is 364 g/mol. The molecule has 0 saturated carbocycles. The van der Waals surface area contributed by atoms with Gasteiger partial charge in [-0.3, -0.25) is 14.3 Å². The van der Waals surface area contributed by atoms with Crippen LogP contribution in [0.5, 0.6) is 0 Å². The molecule has 3 N–H and O–H groups in total. The Kier molecular flexibility index (Phi) is 5.78. The minimum absolute atomic E-state index is 0.231. The van der Waals surface area contributed by atoms with Crippen LogP contribution in [0.4, 0.5) is 0 Å². The van der Waals surface area contributed by atoms with E-state index in [0.717, 1.165) is 10.6 Å². The Morgan fingerprint density at radius 1 is 1.29 bits per heavy atom. The smallest absolute Gasteiger partial charge is 0.330 e. The fraction of sp³-hybridized carbons (Fsp3) is 0.300. The molecule has 8 heteroatoms. The predicted octanol–water partition coefficient (Wildman–Crippen LogP) is -0.773. The first-order valence-corrected chi connectivity index (χ1v) is 8.43. The summed E-state index contributed by atoms with van der Waals surface area (Å²) in [4.78, 5) is 25.5. The molecule has 0 radical (unpaired) electrons. The Morgan fingerprint density at radius 3 is 2.71 bits per heavy atom. The largest absolute Gasteiger partial charge is 0.387 e. The first-order valence-electron chi connectivity index (χ1n) is 8.43. The van der Waals surface area contributed by atoms with Gasteiger partial charge in [0.1, 0.15) is 18.8 Å². The quantitative estimate of drug-likeness (QED) is 0.601. The molecule has 1 aliphatic rings. The summed E-state index contributed by atoms with van der Waals surface area (Å²) in [5.41, 5.74) is -2.55. The number of terminal acetylenes is 1. The zero-order chi connectivity index (χ0) is 20.1. The summed E-state index contributed by atoms with van der Waals surface area (Å²) in [6, 6.07) is 10.0. The van der Waals surface area contributed by atoms with Crippen LogP contribution in [-0.4, -0.2) is 50.8 Å². The van der Waals surface area contributed by atoms with E-state index in [4.69, 9.17) is 15.9 Å².